The molecule has 0 radical (unpaired) electrons. The average molecular weight is 313 g/mol. The van der Waals surface area contributed by atoms with Crippen molar-refractivity contribution in [2.75, 3.05) is 0 Å². The molecule has 0 spiro atoms. The fourth-order valence-corrected chi connectivity index (χ4v) is 2.89. The van der Waals surface area contributed by atoms with Crippen LogP contribution >= 0.6 is 23.4 Å². The highest BCUT2D eigenvalue weighted by Crippen LogP contribution is 2.34. The van der Waals surface area contributed by atoms with Gasteiger partial charge >= 0.3 is 0 Å². The summed E-state index contributed by atoms with van der Waals surface area (Å²) in [6, 6.07) is 13.8. The van der Waals surface area contributed by atoms with Crippen LogP contribution in [0.2, 0.25) is 5.28 Å². The number of hydrogen-bond donors (Lipinski definition) is 1. The Morgan fingerprint density at radius 3 is 2.76 bits per heavy atom. The molecular weight excluding hydrogens is 304 g/mol. The lowest BCUT2D eigenvalue weighted by atomic mass is 10.1. The minimum Gasteiger partial charge on any atom is -0.348 e. The van der Waals surface area contributed by atoms with Crippen molar-refractivity contribution in [3.8, 4) is 6.07 Å². The van der Waals surface area contributed by atoms with Gasteiger partial charge in [-0.15, -0.1) is 0 Å². The van der Waals surface area contributed by atoms with Crippen LogP contribution in [0, 0.1) is 11.3 Å². The van der Waals surface area contributed by atoms with E-state index >= 15 is 0 Å². The molecule has 0 fully saturated rings. The van der Waals surface area contributed by atoms with Gasteiger partial charge in [-0.2, -0.15) is 5.26 Å². The van der Waals surface area contributed by atoms with Crippen LogP contribution in [0.4, 0.5) is 0 Å². The van der Waals surface area contributed by atoms with Crippen LogP contribution in [-0.2, 0) is 0 Å². The van der Waals surface area contributed by atoms with Crippen molar-refractivity contribution in [3.05, 3.63) is 69.6 Å². The van der Waals surface area contributed by atoms with E-state index in [9.17, 15) is 5.26 Å². The second-order valence-corrected chi connectivity index (χ2v) is 5.38. The summed E-state index contributed by atoms with van der Waals surface area (Å²) in [6.45, 7) is 0. The number of nitrogens with one attached hydrogen (secondary N) is 1. The van der Waals surface area contributed by atoms with Gasteiger partial charge < -0.3 is 5.32 Å². The van der Waals surface area contributed by atoms with E-state index in [0.29, 0.717) is 11.3 Å². The van der Waals surface area contributed by atoms with Gasteiger partial charge in [0.1, 0.15) is 11.6 Å². The van der Waals surface area contributed by atoms with Gasteiger partial charge in [-0.1, -0.05) is 42.1 Å². The maximum atomic E-state index is 9.40. The molecule has 1 aliphatic heterocycles. The first-order valence-electron chi connectivity index (χ1n) is 6.10. The van der Waals surface area contributed by atoms with E-state index in [4.69, 9.17) is 11.6 Å². The lowest BCUT2D eigenvalue weighted by Gasteiger charge is -2.07. The summed E-state index contributed by atoms with van der Waals surface area (Å²) in [7, 11) is 0. The molecule has 0 unspecified atom stereocenters. The number of nitriles is 1. The zero-order valence-electron chi connectivity index (χ0n) is 10.7. The van der Waals surface area contributed by atoms with Crippen molar-refractivity contribution in [2.45, 2.75) is 0 Å². The summed E-state index contributed by atoms with van der Waals surface area (Å²) in [4.78, 5) is 7.91. The molecule has 6 heteroatoms. The maximum Gasteiger partial charge on any atom is 0.222 e. The summed E-state index contributed by atoms with van der Waals surface area (Å²) in [6.07, 6.45) is 1.54. The predicted octanol–water partition coefficient (Wildman–Crippen LogP) is 3.66. The number of halogens is 1. The van der Waals surface area contributed by atoms with Gasteiger partial charge in [-0.3, -0.25) is 0 Å². The third-order valence-corrected chi connectivity index (χ3v) is 3.93. The minimum absolute atomic E-state index is 0.125. The second kappa shape index (κ2) is 6.00. The number of nitrogens with zero attached hydrogens (tertiary/aromatic N) is 3. The third kappa shape index (κ3) is 2.92. The monoisotopic (exact) mass is 312 g/mol. The van der Waals surface area contributed by atoms with Gasteiger partial charge in [-0.25, -0.2) is 9.97 Å². The number of benzene rings is 1. The molecule has 3 rings (SSSR count). The molecule has 0 aliphatic carbocycles. The Labute approximate surface area is 131 Å². The highest BCUT2D eigenvalue weighted by molar-refractivity contribution is 8.06. The Morgan fingerprint density at radius 1 is 1.24 bits per heavy atom. The largest absolute Gasteiger partial charge is 0.348 e. The number of aromatic nitrogens is 2. The van der Waals surface area contributed by atoms with Crippen LogP contribution < -0.4 is 5.32 Å². The first-order valence-corrected chi connectivity index (χ1v) is 7.36. The first kappa shape index (κ1) is 13.7. The molecule has 4 nitrogen and oxygen atoms in total. The van der Waals surface area contributed by atoms with Gasteiger partial charge in [-0.05, 0) is 23.2 Å². The molecule has 1 aromatic heterocycles. The molecule has 0 atom stereocenters. The molecule has 21 heavy (non-hydrogen) atoms. The highest BCUT2D eigenvalue weighted by atomic mass is 35.5. The van der Waals surface area contributed by atoms with Gasteiger partial charge in [0.05, 0.1) is 16.4 Å². The molecule has 1 aromatic carbocycles. The fourth-order valence-electron chi connectivity index (χ4n) is 1.88. The Hall–Kier alpha value is -2.29. The van der Waals surface area contributed by atoms with Gasteiger partial charge in [0, 0.05) is 11.6 Å². The fraction of sp³-hybridized carbons (Fsp3) is 0. The van der Waals surface area contributed by atoms with Crippen LogP contribution in [-0.4, -0.2) is 9.97 Å². The van der Waals surface area contributed by atoms with E-state index in [2.05, 4.69) is 21.4 Å². The summed E-state index contributed by atoms with van der Waals surface area (Å²) >= 11 is 7.24. The van der Waals surface area contributed by atoms with Gasteiger partial charge in [0.2, 0.25) is 5.28 Å². The number of thioether (sulfide) groups is 1. The Morgan fingerprint density at radius 2 is 2.05 bits per heavy atom. The summed E-state index contributed by atoms with van der Waals surface area (Å²) in [5, 5.41) is 15.5. The highest BCUT2D eigenvalue weighted by Gasteiger charge is 2.18. The summed E-state index contributed by atoms with van der Waals surface area (Å²) in [5.41, 5.74) is 2.99. The molecule has 1 N–H and O–H groups in total. The first-order chi connectivity index (χ1) is 10.3. The predicted molar refractivity (Wildman–Crippen MR) is 84.7 cm³/mol. The van der Waals surface area contributed by atoms with E-state index in [1.165, 1.54) is 18.0 Å². The van der Waals surface area contributed by atoms with E-state index < -0.39 is 0 Å². The van der Waals surface area contributed by atoms with Crippen LogP contribution in [0.5, 0.6) is 0 Å². The summed E-state index contributed by atoms with van der Waals surface area (Å²) in [5.74, 6) is 0. The van der Waals surface area contributed by atoms with Crippen molar-refractivity contribution < 1.29 is 0 Å². The Bertz CT molecular complexity index is 778. The summed E-state index contributed by atoms with van der Waals surface area (Å²) < 4.78 is 0. The Kier molecular flexibility index (Phi) is 3.91. The van der Waals surface area contributed by atoms with Crippen molar-refractivity contribution in [1.82, 2.24) is 15.3 Å². The molecule has 1 aliphatic rings. The molecule has 102 valence electrons. The quantitative estimate of drug-likeness (QED) is 0.677. The SMILES string of the molecule is N#C/C(=C1\NC(c2ccccc2)=CS1)c1ccnc(Cl)n1. The number of hydrogen-bond acceptors (Lipinski definition) is 5. The van der Waals surface area contributed by atoms with Crippen LogP contribution in [0.1, 0.15) is 11.3 Å². The number of allylic oxidation sites excluding steroid dienone is 1. The topological polar surface area (TPSA) is 61.6 Å². The minimum atomic E-state index is 0.125. The smallest absolute Gasteiger partial charge is 0.222 e. The zero-order chi connectivity index (χ0) is 14.7. The van der Waals surface area contributed by atoms with Crippen LogP contribution in [0.3, 0.4) is 0 Å². The average Bonchev–Trinajstić information content (AvgIpc) is 2.99. The standard InChI is InChI=1S/C15H9ClN4S/c16-15-18-7-6-12(20-15)11(8-17)14-19-13(9-21-14)10-4-2-1-3-5-10/h1-7,9,19H/b14-11-. The van der Waals surface area contributed by atoms with Crippen LogP contribution in [0.25, 0.3) is 11.3 Å². The van der Waals surface area contributed by atoms with E-state index in [0.717, 1.165) is 16.3 Å². The second-order valence-electron chi connectivity index (χ2n) is 4.17. The normalized spacial score (nSPS) is 15.9. The van der Waals surface area contributed by atoms with E-state index in [1.807, 2.05) is 35.7 Å². The molecule has 0 amide bonds. The zero-order valence-corrected chi connectivity index (χ0v) is 12.3. The molecule has 2 heterocycles. The van der Waals surface area contributed by atoms with Crippen molar-refractivity contribution in [1.29, 1.82) is 5.26 Å². The van der Waals surface area contributed by atoms with Crippen molar-refractivity contribution in [3.63, 3.8) is 0 Å². The third-order valence-electron chi connectivity index (χ3n) is 2.85. The molecular formula is C15H9ClN4S. The van der Waals surface area contributed by atoms with E-state index in [-0.39, 0.29) is 5.28 Å². The van der Waals surface area contributed by atoms with E-state index in [1.54, 1.807) is 6.07 Å². The maximum absolute atomic E-state index is 9.40. The van der Waals surface area contributed by atoms with Crippen LogP contribution in [0.15, 0.2) is 53.0 Å². The van der Waals surface area contributed by atoms with Gasteiger partial charge in [0.25, 0.3) is 0 Å². The van der Waals surface area contributed by atoms with Gasteiger partial charge in [0.15, 0.2) is 0 Å². The van der Waals surface area contributed by atoms with Crippen molar-refractivity contribution in [2.24, 2.45) is 0 Å². The number of rotatable bonds is 2. The Balaban J connectivity index is 1.93. The molecule has 0 saturated heterocycles. The molecule has 2 aromatic rings. The van der Waals surface area contributed by atoms with Crippen molar-refractivity contribution >= 4 is 34.6 Å². The molecule has 0 bridgehead atoms. The lowest BCUT2D eigenvalue weighted by molar-refractivity contribution is 1.13. The molecule has 0 saturated carbocycles. The lowest BCUT2D eigenvalue weighted by Crippen LogP contribution is -2.07.